The molecule has 0 bridgehead atoms. The third-order valence-electron chi connectivity index (χ3n) is 2.98. The maximum absolute atomic E-state index is 12.2. The zero-order valence-corrected chi connectivity index (χ0v) is 14.4. The van der Waals surface area contributed by atoms with Crippen LogP contribution in [0.4, 0.5) is 5.82 Å². The first-order valence-corrected chi connectivity index (χ1v) is 8.63. The van der Waals surface area contributed by atoms with E-state index in [9.17, 15) is 13.2 Å². The summed E-state index contributed by atoms with van der Waals surface area (Å²) in [7, 11) is -3.92. The highest BCUT2D eigenvalue weighted by Crippen LogP contribution is 2.11. The van der Waals surface area contributed by atoms with E-state index < -0.39 is 15.9 Å². The van der Waals surface area contributed by atoms with E-state index in [4.69, 9.17) is 0 Å². The molecule has 2 N–H and O–H groups in total. The fourth-order valence-electron chi connectivity index (χ4n) is 1.72. The maximum atomic E-state index is 12.2. The zero-order valence-electron chi connectivity index (χ0n) is 13.6. The van der Waals surface area contributed by atoms with Crippen LogP contribution in [0.15, 0.2) is 52.6 Å². The fraction of sp³-hybridized carbons (Fsp3) is 0.188. The Morgan fingerprint density at radius 1 is 1.08 bits per heavy atom. The number of benzene rings is 1. The summed E-state index contributed by atoms with van der Waals surface area (Å²) in [5.74, 6) is -0.293. The molecule has 7 nitrogen and oxygen atoms in total. The first-order valence-electron chi connectivity index (χ1n) is 7.15. The van der Waals surface area contributed by atoms with Crippen molar-refractivity contribution in [2.24, 2.45) is 5.10 Å². The van der Waals surface area contributed by atoms with Crippen molar-refractivity contribution in [1.29, 1.82) is 0 Å². The predicted molar refractivity (Wildman–Crippen MR) is 92.5 cm³/mol. The number of nitrogens with one attached hydrogen (secondary N) is 2. The lowest BCUT2D eigenvalue weighted by Gasteiger charge is -2.07. The number of rotatable bonds is 5. The van der Waals surface area contributed by atoms with Crippen molar-refractivity contribution in [3.8, 4) is 0 Å². The second-order valence-electron chi connectivity index (χ2n) is 5.35. The summed E-state index contributed by atoms with van der Waals surface area (Å²) in [5, 5.41) is 3.98. The number of anilines is 1. The average Bonchev–Trinajstić information content (AvgIpc) is 2.53. The standard InChI is InChI=1S/C16H18N4O3S/c1-11(2)18-19-15-9-6-13(10-17-15)16(21)20-24(22,23)14-7-4-12(3)5-8-14/h4-10H,1-3H3,(H,17,19)(H,20,21). The van der Waals surface area contributed by atoms with Crippen LogP contribution in [0.25, 0.3) is 0 Å². The van der Waals surface area contributed by atoms with Crippen LogP contribution < -0.4 is 10.1 Å². The van der Waals surface area contributed by atoms with Gasteiger partial charge < -0.3 is 0 Å². The van der Waals surface area contributed by atoms with Crippen LogP contribution in [0.1, 0.15) is 29.8 Å². The summed E-state index contributed by atoms with van der Waals surface area (Å²) in [6.45, 7) is 5.50. The number of amides is 1. The molecule has 0 saturated carbocycles. The number of hydrogen-bond donors (Lipinski definition) is 2. The van der Waals surface area contributed by atoms with E-state index in [1.54, 1.807) is 18.2 Å². The predicted octanol–water partition coefficient (Wildman–Crippen LogP) is 2.32. The molecule has 24 heavy (non-hydrogen) atoms. The van der Waals surface area contributed by atoms with Crippen LogP contribution in [0.5, 0.6) is 0 Å². The Balaban J connectivity index is 2.11. The molecule has 126 valence electrons. The van der Waals surface area contributed by atoms with Crippen molar-refractivity contribution in [2.75, 3.05) is 5.43 Å². The molecule has 0 saturated heterocycles. The van der Waals surface area contributed by atoms with E-state index in [0.29, 0.717) is 5.82 Å². The van der Waals surface area contributed by atoms with Crippen LogP contribution >= 0.6 is 0 Å². The summed E-state index contributed by atoms with van der Waals surface area (Å²) < 4.78 is 26.4. The van der Waals surface area contributed by atoms with Crippen LogP contribution in [0, 0.1) is 6.92 Å². The summed E-state index contributed by atoms with van der Waals surface area (Å²) in [5.41, 5.74) is 4.60. The van der Waals surface area contributed by atoms with Crippen molar-refractivity contribution >= 4 is 27.5 Å². The molecule has 1 amide bonds. The zero-order chi connectivity index (χ0) is 17.7. The molecule has 0 atom stereocenters. The Morgan fingerprint density at radius 2 is 1.75 bits per heavy atom. The Bertz CT molecular complexity index is 853. The van der Waals surface area contributed by atoms with Crippen molar-refractivity contribution in [1.82, 2.24) is 9.71 Å². The SMILES string of the molecule is CC(C)=NNc1ccc(C(=O)NS(=O)(=O)c2ccc(C)cc2)cn1. The Kier molecular flexibility index (Phi) is 5.30. The van der Waals surface area contributed by atoms with Gasteiger partial charge in [0.25, 0.3) is 15.9 Å². The number of pyridine rings is 1. The topological polar surface area (TPSA) is 101 Å². The number of hydrogen-bond acceptors (Lipinski definition) is 6. The van der Waals surface area contributed by atoms with E-state index >= 15 is 0 Å². The normalized spacial score (nSPS) is 10.8. The lowest BCUT2D eigenvalue weighted by atomic mass is 10.2. The van der Waals surface area contributed by atoms with Gasteiger partial charge in [-0.15, -0.1) is 0 Å². The van der Waals surface area contributed by atoms with Gasteiger partial charge in [-0.3, -0.25) is 10.2 Å². The average molecular weight is 346 g/mol. The third-order valence-corrected chi connectivity index (χ3v) is 4.32. The highest BCUT2D eigenvalue weighted by Gasteiger charge is 2.18. The lowest BCUT2D eigenvalue weighted by molar-refractivity contribution is 0.0981. The molecule has 1 aromatic heterocycles. The number of aryl methyl sites for hydroxylation is 1. The highest BCUT2D eigenvalue weighted by molar-refractivity contribution is 7.90. The van der Waals surface area contributed by atoms with Gasteiger partial charge in [0.15, 0.2) is 0 Å². The van der Waals surface area contributed by atoms with Crippen LogP contribution in [0.2, 0.25) is 0 Å². The van der Waals surface area contributed by atoms with Crippen LogP contribution in [-0.2, 0) is 10.0 Å². The molecular formula is C16H18N4O3S. The van der Waals surface area contributed by atoms with Gasteiger partial charge in [0.05, 0.1) is 10.5 Å². The molecule has 2 rings (SSSR count). The van der Waals surface area contributed by atoms with Crippen LogP contribution in [0.3, 0.4) is 0 Å². The van der Waals surface area contributed by atoms with Gasteiger partial charge in [-0.2, -0.15) is 5.10 Å². The lowest BCUT2D eigenvalue weighted by Crippen LogP contribution is -2.30. The highest BCUT2D eigenvalue weighted by atomic mass is 32.2. The number of carbonyl (C=O) groups is 1. The quantitative estimate of drug-likeness (QED) is 0.639. The van der Waals surface area contributed by atoms with Crippen LogP contribution in [-0.4, -0.2) is 25.0 Å². The first kappa shape index (κ1) is 17.6. The van der Waals surface area contributed by atoms with Crippen molar-refractivity contribution in [3.63, 3.8) is 0 Å². The molecule has 0 spiro atoms. The molecule has 0 aliphatic carbocycles. The minimum Gasteiger partial charge on any atom is -0.268 e. The molecule has 2 aromatic rings. The molecule has 0 unspecified atom stereocenters. The monoisotopic (exact) mass is 346 g/mol. The van der Waals surface area contributed by atoms with Gasteiger partial charge in [0.2, 0.25) is 0 Å². The Hall–Kier alpha value is -2.74. The fourth-order valence-corrected chi connectivity index (χ4v) is 2.69. The van der Waals surface area contributed by atoms with Gasteiger partial charge in [0.1, 0.15) is 5.82 Å². The number of aromatic nitrogens is 1. The van der Waals surface area contributed by atoms with Crippen molar-refractivity contribution in [2.45, 2.75) is 25.7 Å². The van der Waals surface area contributed by atoms with Gasteiger partial charge in [-0.1, -0.05) is 17.7 Å². The van der Waals surface area contributed by atoms with Gasteiger partial charge in [-0.05, 0) is 45.0 Å². The number of nitrogens with zero attached hydrogens (tertiary/aromatic N) is 2. The molecule has 0 aliphatic rings. The van der Waals surface area contributed by atoms with E-state index in [2.05, 4.69) is 15.5 Å². The van der Waals surface area contributed by atoms with Crippen molar-refractivity contribution < 1.29 is 13.2 Å². The second kappa shape index (κ2) is 7.22. The molecule has 0 radical (unpaired) electrons. The summed E-state index contributed by atoms with van der Waals surface area (Å²) >= 11 is 0. The number of carbonyl (C=O) groups excluding carboxylic acids is 1. The van der Waals surface area contributed by atoms with Gasteiger partial charge in [-0.25, -0.2) is 18.1 Å². The minimum atomic E-state index is -3.92. The molecular weight excluding hydrogens is 328 g/mol. The minimum absolute atomic E-state index is 0.0282. The largest absolute Gasteiger partial charge is 0.268 e. The first-order chi connectivity index (χ1) is 11.3. The maximum Gasteiger partial charge on any atom is 0.266 e. The number of sulfonamides is 1. The van der Waals surface area contributed by atoms with E-state index in [0.717, 1.165) is 11.3 Å². The third kappa shape index (κ3) is 4.63. The van der Waals surface area contributed by atoms with Gasteiger partial charge >= 0.3 is 0 Å². The molecule has 0 aliphatic heterocycles. The molecule has 1 heterocycles. The summed E-state index contributed by atoms with van der Waals surface area (Å²) in [4.78, 5) is 16.1. The van der Waals surface area contributed by atoms with Crippen molar-refractivity contribution in [3.05, 3.63) is 53.7 Å². The summed E-state index contributed by atoms with van der Waals surface area (Å²) in [6.07, 6.45) is 1.28. The molecule has 8 heteroatoms. The number of hydrazone groups is 1. The van der Waals surface area contributed by atoms with E-state index in [1.807, 2.05) is 25.5 Å². The van der Waals surface area contributed by atoms with Gasteiger partial charge in [0, 0.05) is 11.9 Å². The Labute approximate surface area is 140 Å². The molecule has 0 fully saturated rings. The summed E-state index contributed by atoms with van der Waals surface area (Å²) in [6, 6.07) is 9.23. The Morgan fingerprint density at radius 3 is 2.29 bits per heavy atom. The van der Waals surface area contributed by atoms with E-state index in [-0.39, 0.29) is 10.5 Å². The smallest absolute Gasteiger partial charge is 0.266 e. The van der Waals surface area contributed by atoms with E-state index in [1.165, 1.54) is 24.4 Å². The molecule has 1 aromatic carbocycles. The second-order valence-corrected chi connectivity index (χ2v) is 7.03.